The molecule has 0 aliphatic heterocycles. The van der Waals surface area contributed by atoms with Gasteiger partial charge in [0.1, 0.15) is 0 Å². The number of anilines is 1. The van der Waals surface area contributed by atoms with Gasteiger partial charge in [-0.1, -0.05) is 49.4 Å². The van der Waals surface area contributed by atoms with Crippen LogP contribution in [0, 0.1) is 13.8 Å². The Hall–Kier alpha value is -4.79. The standard InChI is InChI=1S/C30H30N8O/c1-5-13-38-29-28(19(2)35-38)25(14-27(34-29)26-16-31-36(4)20(26)3)30(39)33-23-15-32-37(18-23)17-22-11-8-10-21-9-6-7-12-24(21)22/h6-12,14-16,18H,5,13,17H2,1-4H3,(H,33,39). The van der Waals surface area contributed by atoms with Gasteiger partial charge in [0.2, 0.25) is 0 Å². The first-order chi connectivity index (χ1) is 18.9. The number of pyridine rings is 1. The molecule has 0 atom stereocenters. The fourth-order valence-electron chi connectivity index (χ4n) is 5.11. The van der Waals surface area contributed by atoms with Crippen molar-refractivity contribution in [3.63, 3.8) is 0 Å². The Kier molecular flexibility index (Phi) is 6.18. The fraction of sp³-hybridized carbons (Fsp3) is 0.233. The van der Waals surface area contributed by atoms with Gasteiger partial charge in [0, 0.05) is 31.0 Å². The molecular weight excluding hydrogens is 488 g/mol. The number of carbonyl (C=O) groups excluding carboxylic acids is 1. The van der Waals surface area contributed by atoms with Crippen LogP contribution in [0.15, 0.2) is 67.1 Å². The zero-order chi connectivity index (χ0) is 27.1. The number of benzene rings is 2. The van der Waals surface area contributed by atoms with Crippen molar-refractivity contribution < 1.29 is 4.79 Å². The van der Waals surface area contributed by atoms with Crippen molar-refractivity contribution in [2.45, 2.75) is 40.3 Å². The molecule has 0 unspecified atom stereocenters. The maximum Gasteiger partial charge on any atom is 0.256 e. The van der Waals surface area contributed by atoms with E-state index < -0.39 is 0 Å². The van der Waals surface area contributed by atoms with E-state index in [2.05, 4.69) is 52.8 Å². The number of hydrogen-bond acceptors (Lipinski definition) is 5. The number of nitrogens with one attached hydrogen (secondary N) is 1. The predicted molar refractivity (Wildman–Crippen MR) is 153 cm³/mol. The largest absolute Gasteiger partial charge is 0.319 e. The highest BCUT2D eigenvalue weighted by Gasteiger charge is 2.22. The second-order valence-corrected chi connectivity index (χ2v) is 9.85. The SMILES string of the molecule is CCCn1nc(C)c2c(C(=O)Nc3cnn(Cc4cccc5ccccc45)c3)cc(-c3cnn(C)c3C)nc21. The van der Waals surface area contributed by atoms with Crippen molar-refractivity contribution >= 4 is 33.4 Å². The highest BCUT2D eigenvalue weighted by Crippen LogP contribution is 2.29. The molecule has 0 saturated carbocycles. The normalized spacial score (nSPS) is 11.5. The molecule has 196 valence electrons. The Balaban J connectivity index is 1.34. The van der Waals surface area contributed by atoms with Gasteiger partial charge in [-0.2, -0.15) is 15.3 Å². The molecule has 1 N–H and O–H groups in total. The molecule has 6 rings (SSSR count). The van der Waals surface area contributed by atoms with Gasteiger partial charge < -0.3 is 5.32 Å². The summed E-state index contributed by atoms with van der Waals surface area (Å²) in [6.45, 7) is 7.33. The average molecular weight is 519 g/mol. The molecule has 2 aromatic carbocycles. The Bertz CT molecular complexity index is 1840. The van der Waals surface area contributed by atoms with Crippen molar-refractivity contribution in [3.05, 3.63) is 89.6 Å². The lowest BCUT2D eigenvalue weighted by Gasteiger charge is -2.09. The molecule has 0 radical (unpaired) electrons. The smallest absolute Gasteiger partial charge is 0.256 e. The topological polar surface area (TPSA) is 95.5 Å². The number of nitrogens with zero attached hydrogens (tertiary/aromatic N) is 7. The zero-order valence-corrected chi connectivity index (χ0v) is 22.5. The molecule has 1 amide bonds. The Labute approximate surface area is 226 Å². The van der Waals surface area contributed by atoms with E-state index >= 15 is 0 Å². The molecule has 0 aliphatic rings. The molecule has 9 heteroatoms. The van der Waals surface area contributed by atoms with E-state index in [0.29, 0.717) is 29.1 Å². The van der Waals surface area contributed by atoms with Gasteiger partial charge in [-0.25, -0.2) is 9.67 Å². The van der Waals surface area contributed by atoms with E-state index in [1.165, 1.54) is 16.3 Å². The second kappa shape index (κ2) is 9.83. The third-order valence-corrected chi connectivity index (χ3v) is 7.17. The van der Waals surface area contributed by atoms with Crippen LogP contribution >= 0.6 is 0 Å². The van der Waals surface area contributed by atoms with Crippen molar-refractivity contribution in [1.29, 1.82) is 0 Å². The number of fused-ring (bicyclic) bond motifs is 2. The third-order valence-electron chi connectivity index (χ3n) is 7.17. The van der Waals surface area contributed by atoms with Crippen molar-refractivity contribution in [1.82, 2.24) is 34.3 Å². The number of aryl methyl sites for hydroxylation is 3. The highest BCUT2D eigenvalue weighted by atomic mass is 16.1. The van der Waals surface area contributed by atoms with Crippen LogP contribution in [0.3, 0.4) is 0 Å². The molecule has 9 nitrogen and oxygen atoms in total. The maximum absolute atomic E-state index is 13.7. The average Bonchev–Trinajstić information content (AvgIpc) is 3.61. The van der Waals surface area contributed by atoms with Crippen LogP contribution in [0.4, 0.5) is 5.69 Å². The summed E-state index contributed by atoms with van der Waals surface area (Å²) in [4.78, 5) is 18.7. The quantitative estimate of drug-likeness (QED) is 0.301. The summed E-state index contributed by atoms with van der Waals surface area (Å²) in [5, 5.41) is 19.8. The molecule has 4 aromatic heterocycles. The van der Waals surface area contributed by atoms with E-state index in [4.69, 9.17) is 10.1 Å². The second-order valence-electron chi connectivity index (χ2n) is 9.85. The summed E-state index contributed by atoms with van der Waals surface area (Å²) in [5.41, 5.74) is 6.36. The Morgan fingerprint density at radius 1 is 1.03 bits per heavy atom. The van der Waals surface area contributed by atoms with Gasteiger partial charge in [0.25, 0.3) is 5.91 Å². The summed E-state index contributed by atoms with van der Waals surface area (Å²) in [7, 11) is 1.90. The van der Waals surface area contributed by atoms with Crippen LogP contribution in [0.5, 0.6) is 0 Å². The van der Waals surface area contributed by atoms with Crippen LogP contribution in [0.25, 0.3) is 33.1 Å². The van der Waals surface area contributed by atoms with Gasteiger partial charge in [-0.3, -0.25) is 14.2 Å². The van der Waals surface area contributed by atoms with Gasteiger partial charge in [-0.05, 0) is 42.7 Å². The van der Waals surface area contributed by atoms with Gasteiger partial charge in [-0.15, -0.1) is 0 Å². The van der Waals surface area contributed by atoms with Crippen LogP contribution in [-0.4, -0.2) is 40.2 Å². The minimum absolute atomic E-state index is 0.228. The van der Waals surface area contributed by atoms with Gasteiger partial charge >= 0.3 is 0 Å². The Morgan fingerprint density at radius 3 is 2.64 bits per heavy atom. The van der Waals surface area contributed by atoms with E-state index in [0.717, 1.165) is 35.3 Å². The van der Waals surface area contributed by atoms with Crippen LogP contribution < -0.4 is 5.32 Å². The summed E-state index contributed by atoms with van der Waals surface area (Å²) in [5.74, 6) is -0.228. The molecule has 6 aromatic rings. The molecule has 39 heavy (non-hydrogen) atoms. The number of aromatic nitrogens is 7. The predicted octanol–water partition coefficient (Wildman–Crippen LogP) is 5.51. The molecule has 0 spiro atoms. The molecule has 4 heterocycles. The lowest BCUT2D eigenvalue weighted by atomic mass is 10.0. The first-order valence-corrected chi connectivity index (χ1v) is 13.1. The number of rotatable bonds is 7. The first-order valence-electron chi connectivity index (χ1n) is 13.1. The highest BCUT2D eigenvalue weighted by molar-refractivity contribution is 6.13. The summed E-state index contributed by atoms with van der Waals surface area (Å²) < 4.78 is 5.53. The lowest BCUT2D eigenvalue weighted by Crippen LogP contribution is -2.13. The lowest BCUT2D eigenvalue weighted by molar-refractivity contribution is 0.102. The van der Waals surface area contributed by atoms with E-state index in [1.54, 1.807) is 17.1 Å². The van der Waals surface area contributed by atoms with E-state index in [-0.39, 0.29) is 5.91 Å². The van der Waals surface area contributed by atoms with Crippen LogP contribution in [0.2, 0.25) is 0 Å². The van der Waals surface area contributed by atoms with Crippen LogP contribution in [0.1, 0.15) is 40.7 Å². The number of amides is 1. The fourth-order valence-corrected chi connectivity index (χ4v) is 5.11. The van der Waals surface area contributed by atoms with Crippen molar-refractivity contribution in [3.8, 4) is 11.3 Å². The van der Waals surface area contributed by atoms with Crippen molar-refractivity contribution in [2.24, 2.45) is 7.05 Å². The molecule has 0 fully saturated rings. The Morgan fingerprint density at radius 2 is 1.85 bits per heavy atom. The van der Waals surface area contributed by atoms with E-state index in [9.17, 15) is 4.79 Å². The number of hydrogen-bond donors (Lipinski definition) is 1. The maximum atomic E-state index is 13.7. The third kappa shape index (κ3) is 4.46. The summed E-state index contributed by atoms with van der Waals surface area (Å²) >= 11 is 0. The van der Waals surface area contributed by atoms with E-state index in [1.807, 2.05) is 54.7 Å². The molecular formula is C30H30N8O. The van der Waals surface area contributed by atoms with Crippen molar-refractivity contribution in [2.75, 3.05) is 5.32 Å². The first kappa shape index (κ1) is 24.5. The molecule has 0 bridgehead atoms. The van der Waals surface area contributed by atoms with Gasteiger partial charge in [0.15, 0.2) is 5.65 Å². The minimum Gasteiger partial charge on any atom is -0.319 e. The van der Waals surface area contributed by atoms with Gasteiger partial charge in [0.05, 0.1) is 47.0 Å². The zero-order valence-electron chi connectivity index (χ0n) is 22.5. The summed E-state index contributed by atoms with van der Waals surface area (Å²) in [6.07, 6.45) is 6.24. The molecule has 0 aliphatic carbocycles. The molecule has 0 saturated heterocycles. The summed E-state index contributed by atoms with van der Waals surface area (Å²) in [6, 6.07) is 16.4. The number of carbonyl (C=O) groups is 1. The minimum atomic E-state index is -0.228. The monoisotopic (exact) mass is 518 g/mol. The van der Waals surface area contributed by atoms with Crippen LogP contribution in [-0.2, 0) is 20.1 Å².